The van der Waals surface area contributed by atoms with Gasteiger partial charge in [0.2, 0.25) is 0 Å². The van der Waals surface area contributed by atoms with Crippen molar-refractivity contribution in [1.29, 1.82) is 0 Å². The third-order valence-electron chi connectivity index (χ3n) is 2.64. The number of unbranched alkanes of at least 4 members (excludes halogenated alkanes) is 2. The summed E-state index contributed by atoms with van der Waals surface area (Å²) in [5.41, 5.74) is 1.61. The van der Waals surface area contributed by atoms with Gasteiger partial charge in [0.15, 0.2) is 0 Å². The van der Waals surface area contributed by atoms with Gasteiger partial charge in [-0.15, -0.1) is 0 Å². The molecule has 84 valence electrons. The molecule has 0 radical (unpaired) electrons. The molecule has 0 aliphatic heterocycles. The van der Waals surface area contributed by atoms with E-state index in [1.807, 2.05) is 32.2 Å². The van der Waals surface area contributed by atoms with E-state index in [0.717, 1.165) is 36.9 Å². The maximum absolute atomic E-state index is 13.6. The van der Waals surface area contributed by atoms with E-state index >= 15 is 0 Å². The smallest absolute Gasteiger partial charge is 0.129 e. The first-order valence-electron chi connectivity index (χ1n) is 5.64. The van der Waals surface area contributed by atoms with Gasteiger partial charge in [0.1, 0.15) is 5.82 Å². The van der Waals surface area contributed by atoms with Gasteiger partial charge in [0.25, 0.3) is 0 Å². The number of rotatable bonds is 6. The SMILES string of the molecule is CNCCCCCc1cccc(C)c1F. The second kappa shape index (κ2) is 6.57. The maximum atomic E-state index is 13.6. The molecule has 15 heavy (non-hydrogen) atoms. The number of hydrogen-bond acceptors (Lipinski definition) is 1. The van der Waals surface area contributed by atoms with E-state index in [1.54, 1.807) is 0 Å². The summed E-state index contributed by atoms with van der Waals surface area (Å²) in [6.45, 7) is 2.87. The van der Waals surface area contributed by atoms with Crippen LogP contribution < -0.4 is 5.32 Å². The van der Waals surface area contributed by atoms with Gasteiger partial charge in [-0.1, -0.05) is 24.6 Å². The first-order valence-corrected chi connectivity index (χ1v) is 5.64. The molecule has 0 saturated heterocycles. The van der Waals surface area contributed by atoms with E-state index in [2.05, 4.69) is 5.32 Å². The van der Waals surface area contributed by atoms with E-state index in [-0.39, 0.29) is 5.82 Å². The van der Waals surface area contributed by atoms with E-state index in [9.17, 15) is 4.39 Å². The van der Waals surface area contributed by atoms with Gasteiger partial charge >= 0.3 is 0 Å². The van der Waals surface area contributed by atoms with Crippen LogP contribution in [0.1, 0.15) is 30.4 Å². The van der Waals surface area contributed by atoms with Crippen molar-refractivity contribution in [1.82, 2.24) is 5.32 Å². The lowest BCUT2D eigenvalue weighted by atomic mass is 10.0. The first kappa shape index (κ1) is 12.2. The zero-order chi connectivity index (χ0) is 11.1. The minimum atomic E-state index is -0.0221. The van der Waals surface area contributed by atoms with Crippen LogP contribution in [0.3, 0.4) is 0 Å². The molecule has 0 heterocycles. The molecule has 1 rings (SSSR count). The van der Waals surface area contributed by atoms with Crippen molar-refractivity contribution in [2.24, 2.45) is 0 Å². The third-order valence-corrected chi connectivity index (χ3v) is 2.64. The van der Waals surface area contributed by atoms with Crippen LogP contribution in [0.5, 0.6) is 0 Å². The van der Waals surface area contributed by atoms with Crippen molar-refractivity contribution in [3.05, 3.63) is 35.1 Å². The molecular weight excluding hydrogens is 189 g/mol. The second-order valence-electron chi connectivity index (χ2n) is 3.96. The molecule has 1 aromatic carbocycles. The Balaban J connectivity index is 2.34. The standard InChI is InChI=1S/C13H20FN/c1-11-7-6-9-12(13(11)14)8-4-3-5-10-15-2/h6-7,9,15H,3-5,8,10H2,1-2H3. The molecular formula is C13H20FN. The molecule has 1 N–H and O–H groups in total. The Morgan fingerprint density at radius 1 is 1.20 bits per heavy atom. The van der Waals surface area contributed by atoms with Gasteiger partial charge < -0.3 is 5.32 Å². The summed E-state index contributed by atoms with van der Waals surface area (Å²) >= 11 is 0. The molecule has 0 aliphatic rings. The minimum absolute atomic E-state index is 0.0221. The van der Waals surface area contributed by atoms with Crippen LogP contribution in [0.25, 0.3) is 0 Å². The number of nitrogens with one attached hydrogen (secondary N) is 1. The quantitative estimate of drug-likeness (QED) is 0.710. The summed E-state index contributed by atoms with van der Waals surface area (Å²) < 4.78 is 13.6. The summed E-state index contributed by atoms with van der Waals surface area (Å²) in [5.74, 6) is -0.0221. The number of hydrogen-bond donors (Lipinski definition) is 1. The van der Waals surface area contributed by atoms with Gasteiger partial charge in [-0.05, 0) is 50.9 Å². The van der Waals surface area contributed by atoms with E-state index in [4.69, 9.17) is 0 Å². The molecule has 0 fully saturated rings. The van der Waals surface area contributed by atoms with Crippen LogP contribution in [0.2, 0.25) is 0 Å². The van der Waals surface area contributed by atoms with Crippen molar-refractivity contribution < 1.29 is 4.39 Å². The van der Waals surface area contributed by atoms with E-state index in [0.29, 0.717) is 0 Å². The average molecular weight is 209 g/mol. The molecule has 0 unspecified atom stereocenters. The predicted molar refractivity (Wildman–Crippen MR) is 62.6 cm³/mol. The van der Waals surface area contributed by atoms with E-state index in [1.165, 1.54) is 6.42 Å². The lowest BCUT2D eigenvalue weighted by Gasteiger charge is -2.05. The summed E-state index contributed by atoms with van der Waals surface area (Å²) in [4.78, 5) is 0. The van der Waals surface area contributed by atoms with Crippen molar-refractivity contribution in [3.63, 3.8) is 0 Å². The molecule has 0 atom stereocenters. The average Bonchev–Trinajstić information content (AvgIpc) is 2.24. The van der Waals surface area contributed by atoms with Crippen LogP contribution in [-0.4, -0.2) is 13.6 Å². The molecule has 0 saturated carbocycles. The summed E-state index contributed by atoms with van der Waals surface area (Å²) in [6, 6.07) is 5.64. The molecule has 0 spiro atoms. The van der Waals surface area contributed by atoms with Gasteiger partial charge in [0, 0.05) is 0 Å². The van der Waals surface area contributed by atoms with Crippen LogP contribution in [0.4, 0.5) is 4.39 Å². The molecule has 0 bridgehead atoms. The lowest BCUT2D eigenvalue weighted by molar-refractivity contribution is 0.584. The summed E-state index contributed by atoms with van der Waals surface area (Å²) in [6.07, 6.45) is 4.26. The zero-order valence-electron chi connectivity index (χ0n) is 9.65. The number of halogens is 1. The molecule has 0 amide bonds. The highest BCUT2D eigenvalue weighted by atomic mass is 19.1. The maximum Gasteiger partial charge on any atom is 0.129 e. The largest absolute Gasteiger partial charge is 0.320 e. The highest BCUT2D eigenvalue weighted by molar-refractivity contribution is 5.24. The van der Waals surface area contributed by atoms with Crippen LogP contribution in [0, 0.1) is 12.7 Å². The monoisotopic (exact) mass is 209 g/mol. The Morgan fingerprint density at radius 2 is 2.00 bits per heavy atom. The van der Waals surface area contributed by atoms with Crippen molar-refractivity contribution in [2.75, 3.05) is 13.6 Å². The van der Waals surface area contributed by atoms with Gasteiger partial charge in [0.05, 0.1) is 0 Å². The highest BCUT2D eigenvalue weighted by Gasteiger charge is 2.03. The Morgan fingerprint density at radius 3 is 2.73 bits per heavy atom. The highest BCUT2D eigenvalue weighted by Crippen LogP contribution is 2.14. The van der Waals surface area contributed by atoms with Gasteiger partial charge in [-0.25, -0.2) is 4.39 Å². The Hall–Kier alpha value is -0.890. The summed E-state index contributed by atoms with van der Waals surface area (Å²) in [5, 5.41) is 3.11. The Kier molecular flexibility index (Phi) is 5.33. The first-order chi connectivity index (χ1) is 7.25. The molecule has 2 heteroatoms. The zero-order valence-corrected chi connectivity index (χ0v) is 9.65. The Bertz CT molecular complexity index is 297. The van der Waals surface area contributed by atoms with Gasteiger partial charge in [-0.3, -0.25) is 0 Å². The Labute approximate surface area is 91.7 Å². The molecule has 0 aromatic heterocycles. The van der Waals surface area contributed by atoms with Crippen LogP contribution in [0.15, 0.2) is 18.2 Å². The molecule has 1 aromatic rings. The molecule has 1 nitrogen and oxygen atoms in total. The summed E-state index contributed by atoms with van der Waals surface area (Å²) in [7, 11) is 1.96. The van der Waals surface area contributed by atoms with Crippen molar-refractivity contribution in [2.45, 2.75) is 32.6 Å². The lowest BCUT2D eigenvalue weighted by Crippen LogP contribution is -2.07. The normalized spacial score (nSPS) is 10.6. The van der Waals surface area contributed by atoms with Crippen LogP contribution in [-0.2, 0) is 6.42 Å². The topological polar surface area (TPSA) is 12.0 Å². The second-order valence-corrected chi connectivity index (χ2v) is 3.96. The third kappa shape index (κ3) is 4.00. The molecule has 0 aliphatic carbocycles. The fraction of sp³-hybridized carbons (Fsp3) is 0.538. The van der Waals surface area contributed by atoms with E-state index < -0.39 is 0 Å². The number of aryl methyl sites for hydroxylation is 2. The minimum Gasteiger partial charge on any atom is -0.320 e. The van der Waals surface area contributed by atoms with Crippen molar-refractivity contribution >= 4 is 0 Å². The van der Waals surface area contributed by atoms with Crippen molar-refractivity contribution in [3.8, 4) is 0 Å². The predicted octanol–water partition coefficient (Wildman–Crippen LogP) is 3.07. The van der Waals surface area contributed by atoms with Crippen LogP contribution >= 0.6 is 0 Å². The number of benzene rings is 1. The van der Waals surface area contributed by atoms with Gasteiger partial charge in [-0.2, -0.15) is 0 Å². The fourth-order valence-corrected chi connectivity index (χ4v) is 1.70. The fourth-order valence-electron chi connectivity index (χ4n) is 1.70.